The van der Waals surface area contributed by atoms with Crippen LogP contribution in [0, 0.1) is 0 Å². The molecule has 0 atom stereocenters. The van der Waals surface area contributed by atoms with E-state index in [0.29, 0.717) is 4.57 Å². The van der Waals surface area contributed by atoms with Crippen molar-refractivity contribution in [2.75, 3.05) is 0 Å². The van der Waals surface area contributed by atoms with Gasteiger partial charge in [0.1, 0.15) is 12.2 Å². The molecule has 0 aliphatic rings. The van der Waals surface area contributed by atoms with Gasteiger partial charge in [0.2, 0.25) is 0 Å². The van der Waals surface area contributed by atoms with E-state index in [4.69, 9.17) is 0 Å². The molecule has 2 nitrogen and oxygen atoms in total. The number of imidazole rings is 1. The predicted octanol–water partition coefficient (Wildman–Crippen LogP) is 2.38. The summed E-state index contributed by atoms with van der Waals surface area (Å²) >= 11 is 0. The second kappa shape index (κ2) is 3.31. The molecule has 0 spiro atoms. The number of halogens is 5. The molecular weight excluding hydrogens is 195 g/mol. The highest BCUT2D eigenvalue weighted by Gasteiger charge is 2.29. The minimum Gasteiger partial charge on any atom is -0.321 e. The van der Waals surface area contributed by atoms with Crippen LogP contribution in [0.15, 0.2) is 12.5 Å². The van der Waals surface area contributed by atoms with Crippen LogP contribution in [0.3, 0.4) is 0 Å². The molecule has 7 heteroatoms. The summed E-state index contributed by atoms with van der Waals surface area (Å²) in [5.41, 5.74) is -0.725. The SMILES string of the molecule is FC(F)c1cncn1CC(F)(F)F. The molecule has 0 bridgehead atoms. The maximum Gasteiger partial charge on any atom is 0.406 e. The average Bonchev–Trinajstić information content (AvgIpc) is 2.31. The standard InChI is InChI=1S/C6H5F5N2/c7-5(8)4-1-12-3-13(4)2-6(9,10)11/h1,3,5H,2H2. The maximum atomic E-state index is 12.0. The molecule has 1 rings (SSSR count). The minimum atomic E-state index is -4.51. The Bertz CT molecular complexity index is 277. The van der Waals surface area contributed by atoms with Gasteiger partial charge < -0.3 is 4.57 Å². The normalized spacial score (nSPS) is 12.5. The van der Waals surface area contributed by atoms with Crippen molar-refractivity contribution in [3.63, 3.8) is 0 Å². The van der Waals surface area contributed by atoms with Crippen LogP contribution in [0.5, 0.6) is 0 Å². The Kier molecular flexibility index (Phi) is 2.53. The summed E-state index contributed by atoms with van der Waals surface area (Å²) in [5.74, 6) is 0. The molecule has 0 amide bonds. The van der Waals surface area contributed by atoms with Gasteiger partial charge in [0.25, 0.3) is 6.43 Å². The van der Waals surface area contributed by atoms with Crippen LogP contribution in [0.1, 0.15) is 12.1 Å². The second-order valence-electron chi connectivity index (χ2n) is 2.36. The number of rotatable bonds is 2. The summed E-state index contributed by atoms with van der Waals surface area (Å²) in [4.78, 5) is 3.21. The van der Waals surface area contributed by atoms with Crippen LogP contribution < -0.4 is 0 Å². The third-order valence-electron chi connectivity index (χ3n) is 1.32. The first kappa shape index (κ1) is 9.94. The number of hydrogen-bond acceptors (Lipinski definition) is 1. The van der Waals surface area contributed by atoms with Crippen molar-refractivity contribution in [2.24, 2.45) is 0 Å². The van der Waals surface area contributed by atoms with E-state index in [1.54, 1.807) is 0 Å². The zero-order chi connectivity index (χ0) is 10.1. The zero-order valence-electron chi connectivity index (χ0n) is 6.22. The first-order valence-electron chi connectivity index (χ1n) is 3.25. The van der Waals surface area contributed by atoms with Gasteiger partial charge in [0.05, 0.1) is 12.5 Å². The quantitative estimate of drug-likeness (QED) is 0.670. The molecule has 1 heterocycles. The van der Waals surface area contributed by atoms with Crippen molar-refractivity contribution in [2.45, 2.75) is 19.1 Å². The van der Waals surface area contributed by atoms with E-state index in [2.05, 4.69) is 4.98 Å². The Morgan fingerprint density at radius 2 is 2.00 bits per heavy atom. The lowest BCUT2D eigenvalue weighted by atomic mass is 10.4. The first-order chi connectivity index (χ1) is 5.90. The molecule has 1 aromatic heterocycles. The van der Waals surface area contributed by atoms with Gasteiger partial charge in [-0.1, -0.05) is 0 Å². The zero-order valence-corrected chi connectivity index (χ0v) is 6.22. The smallest absolute Gasteiger partial charge is 0.321 e. The summed E-state index contributed by atoms with van der Waals surface area (Å²) in [5, 5.41) is 0. The summed E-state index contributed by atoms with van der Waals surface area (Å²) in [6, 6.07) is 0. The third kappa shape index (κ3) is 2.67. The highest BCUT2D eigenvalue weighted by molar-refractivity contribution is 4.99. The summed E-state index contributed by atoms with van der Waals surface area (Å²) in [6.45, 7) is -1.44. The van der Waals surface area contributed by atoms with Gasteiger partial charge in [-0.25, -0.2) is 13.8 Å². The summed E-state index contributed by atoms with van der Waals surface area (Å²) < 4.78 is 59.7. The van der Waals surface area contributed by atoms with Crippen LogP contribution in [0.2, 0.25) is 0 Å². The fourth-order valence-corrected chi connectivity index (χ4v) is 0.838. The first-order valence-corrected chi connectivity index (χ1v) is 3.25. The molecule has 0 N–H and O–H groups in total. The topological polar surface area (TPSA) is 17.8 Å². The Labute approximate surface area is 70.0 Å². The van der Waals surface area contributed by atoms with Gasteiger partial charge >= 0.3 is 6.18 Å². The molecular formula is C6H5F5N2. The fourth-order valence-electron chi connectivity index (χ4n) is 0.838. The molecule has 1 aromatic rings. The Hall–Kier alpha value is -1.14. The van der Waals surface area contributed by atoms with E-state index >= 15 is 0 Å². The van der Waals surface area contributed by atoms with E-state index in [9.17, 15) is 22.0 Å². The highest BCUT2D eigenvalue weighted by Crippen LogP contribution is 2.23. The molecule has 74 valence electrons. The maximum absolute atomic E-state index is 12.0. The molecule has 0 aliphatic heterocycles. The van der Waals surface area contributed by atoms with E-state index < -0.39 is 24.8 Å². The Morgan fingerprint density at radius 3 is 2.46 bits per heavy atom. The number of nitrogens with zero attached hydrogens (tertiary/aromatic N) is 2. The molecule has 0 aromatic carbocycles. The van der Waals surface area contributed by atoms with Gasteiger partial charge in [-0.3, -0.25) is 0 Å². The van der Waals surface area contributed by atoms with Crippen molar-refractivity contribution in [3.05, 3.63) is 18.2 Å². The van der Waals surface area contributed by atoms with Gasteiger partial charge in [-0.15, -0.1) is 0 Å². The third-order valence-corrected chi connectivity index (χ3v) is 1.32. The van der Waals surface area contributed by atoms with Crippen LogP contribution in [-0.4, -0.2) is 15.7 Å². The molecule has 0 radical (unpaired) electrons. The van der Waals surface area contributed by atoms with Gasteiger partial charge in [-0.05, 0) is 0 Å². The molecule has 0 aliphatic carbocycles. The number of hydrogen-bond donors (Lipinski definition) is 0. The minimum absolute atomic E-state index is 0.380. The fraction of sp³-hybridized carbons (Fsp3) is 0.500. The summed E-state index contributed by atoms with van der Waals surface area (Å²) in [7, 11) is 0. The second-order valence-corrected chi connectivity index (χ2v) is 2.36. The van der Waals surface area contributed by atoms with E-state index in [0.717, 1.165) is 12.5 Å². The lowest BCUT2D eigenvalue weighted by Gasteiger charge is -2.09. The molecule has 13 heavy (non-hydrogen) atoms. The van der Waals surface area contributed by atoms with Crippen LogP contribution >= 0.6 is 0 Å². The van der Waals surface area contributed by atoms with Crippen molar-refractivity contribution >= 4 is 0 Å². The highest BCUT2D eigenvalue weighted by atomic mass is 19.4. The van der Waals surface area contributed by atoms with Crippen molar-refractivity contribution in [1.29, 1.82) is 0 Å². The lowest BCUT2D eigenvalue weighted by molar-refractivity contribution is -0.141. The molecule has 0 unspecified atom stereocenters. The Balaban J connectivity index is 2.83. The average molecular weight is 200 g/mol. The lowest BCUT2D eigenvalue weighted by Crippen LogP contribution is -2.18. The number of alkyl halides is 5. The largest absolute Gasteiger partial charge is 0.406 e. The van der Waals surface area contributed by atoms with Crippen molar-refractivity contribution in [1.82, 2.24) is 9.55 Å². The van der Waals surface area contributed by atoms with E-state index in [1.165, 1.54) is 0 Å². The molecule has 0 saturated carbocycles. The van der Waals surface area contributed by atoms with Crippen molar-refractivity contribution < 1.29 is 22.0 Å². The van der Waals surface area contributed by atoms with Gasteiger partial charge in [0, 0.05) is 0 Å². The van der Waals surface area contributed by atoms with Crippen LogP contribution in [0.25, 0.3) is 0 Å². The molecule has 0 saturated heterocycles. The molecule has 0 fully saturated rings. The van der Waals surface area contributed by atoms with E-state index in [1.807, 2.05) is 0 Å². The van der Waals surface area contributed by atoms with Gasteiger partial charge in [0.15, 0.2) is 0 Å². The predicted molar refractivity (Wildman–Crippen MR) is 33.2 cm³/mol. The van der Waals surface area contributed by atoms with E-state index in [-0.39, 0.29) is 0 Å². The van der Waals surface area contributed by atoms with Gasteiger partial charge in [-0.2, -0.15) is 13.2 Å². The monoisotopic (exact) mass is 200 g/mol. The Morgan fingerprint density at radius 1 is 1.38 bits per heavy atom. The summed E-state index contributed by atoms with van der Waals surface area (Å²) in [6.07, 6.45) is -6.00. The van der Waals surface area contributed by atoms with Crippen LogP contribution in [0.4, 0.5) is 22.0 Å². The van der Waals surface area contributed by atoms with Crippen molar-refractivity contribution in [3.8, 4) is 0 Å². The van der Waals surface area contributed by atoms with Crippen LogP contribution in [-0.2, 0) is 6.54 Å². The number of aromatic nitrogens is 2.